The molecule has 6 heteroatoms. The fourth-order valence-electron chi connectivity index (χ4n) is 1.14. The van der Waals surface area contributed by atoms with Gasteiger partial charge in [-0.3, -0.25) is 4.72 Å². The van der Waals surface area contributed by atoms with E-state index in [1.807, 2.05) is 0 Å². The Balaban J connectivity index is 2.66. The van der Waals surface area contributed by atoms with Crippen molar-refractivity contribution < 1.29 is 17.9 Å². The van der Waals surface area contributed by atoms with Gasteiger partial charge < -0.3 is 9.47 Å². The quantitative estimate of drug-likeness (QED) is 0.753. The standard InChI is InChI=1S/C11H17NO4S/c1-3-17(13,14)12-10-5-4-6-11(9-10)16-8-7-15-2/h4-6,9,12H,3,7-8H2,1-2H3. The molecule has 0 aliphatic rings. The summed E-state index contributed by atoms with van der Waals surface area (Å²) >= 11 is 0. The highest BCUT2D eigenvalue weighted by molar-refractivity contribution is 7.92. The average molecular weight is 259 g/mol. The summed E-state index contributed by atoms with van der Waals surface area (Å²) < 4.78 is 35.4. The van der Waals surface area contributed by atoms with Crippen LogP contribution in [0.1, 0.15) is 6.92 Å². The van der Waals surface area contributed by atoms with Gasteiger partial charge >= 0.3 is 0 Å². The van der Waals surface area contributed by atoms with E-state index in [1.54, 1.807) is 38.3 Å². The molecule has 0 radical (unpaired) electrons. The van der Waals surface area contributed by atoms with E-state index in [4.69, 9.17) is 9.47 Å². The Morgan fingerprint density at radius 1 is 1.29 bits per heavy atom. The fourth-order valence-corrected chi connectivity index (χ4v) is 1.77. The number of hydrogen-bond acceptors (Lipinski definition) is 4. The molecule has 96 valence electrons. The largest absolute Gasteiger partial charge is 0.491 e. The molecule has 5 nitrogen and oxygen atoms in total. The van der Waals surface area contributed by atoms with Gasteiger partial charge in [-0.2, -0.15) is 0 Å². The number of benzene rings is 1. The molecule has 0 amide bonds. The van der Waals surface area contributed by atoms with Crippen molar-refractivity contribution in [1.82, 2.24) is 0 Å². The number of ether oxygens (including phenoxy) is 2. The van der Waals surface area contributed by atoms with E-state index in [0.29, 0.717) is 24.7 Å². The van der Waals surface area contributed by atoms with Crippen molar-refractivity contribution in [3.8, 4) is 5.75 Å². The first-order chi connectivity index (χ1) is 8.07. The first-order valence-electron chi connectivity index (χ1n) is 5.29. The van der Waals surface area contributed by atoms with Crippen molar-refractivity contribution in [3.05, 3.63) is 24.3 Å². The predicted octanol–water partition coefficient (Wildman–Crippen LogP) is 1.47. The van der Waals surface area contributed by atoms with Gasteiger partial charge in [-0.15, -0.1) is 0 Å². The normalized spacial score (nSPS) is 11.2. The summed E-state index contributed by atoms with van der Waals surface area (Å²) in [7, 11) is -1.65. The number of sulfonamides is 1. The molecule has 1 N–H and O–H groups in total. The summed E-state index contributed by atoms with van der Waals surface area (Å²) in [6.07, 6.45) is 0. The van der Waals surface area contributed by atoms with Crippen molar-refractivity contribution in [2.75, 3.05) is 30.8 Å². The van der Waals surface area contributed by atoms with Gasteiger partial charge in [0.2, 0.25) is 10.0 Å². The minimum atomic E-state index is -3.24. The first-order valence-corrected chi connectivity index (χ1v) is 6.95. The summed E-state index contributed by atoms with van der Waals surface area (Å²) in [5, 5.41) is 0. The second-order valence-corrected chi connectivity index (χ2v) is 5.39. The summed E-state index contributed by atoms with van der Waals surface area (Å²) in [6, 6.07) is 6.81. The van der Waals surface area contributed by atoms with Crippen LogP contribution in [0.5, 0.6) is 5.75 Å². The SMILES string of the molecule is CCS(=O)(=O)Nc1cccc(OCCOC)c1. The summed E-state index contributed by atoms with van der Waals surface area (Å²) in [4.78, 5) is 0. The molecular formula is C11H17NO4S. The monoisotopic (exact) mass is 259 g/mol. The number of methoxy groups -OCH3 is 1. The number of rotatable bonds is 7. The highest BCUT2D eigenvalue weighted by Crippen LogP contribution is 2.18. The zero-order valence-electron chi connectivity index (χ0n) is 9.97. The Bertz CT molecular complexity index is 445. The van der Waals surface area contributed by atoms with Gasteiger partial charge in [-0.05, 0) is 19.1 Å². The maximum atomic E-state index is 11.4. The lowest BCUT2D eigenvalue weighted by molar-refractivity contribution is 0.146. The molecule has 17 heavy (non-hydrogen) atoms. The van der Waals surface area contributed by atoms with E-state index in [2.05, 4.69) is 4.72 Å². The third kappa shape index (κ3) is 5.06. The molecule has 0 spiro atoms. The maximum Gasteiger partial charge on any atom is 0.232 e. The molecule has 1 rings (SSSR count). The highest BCUT2D eigenvalue weighted by atomic mass is 32.2. The molecule has 0 aromatic heterocycles. The minimum Gasteiger partial charge on any atom is -0.491 e. The van der Waals surface area contributed by atoms with Crippen LogP contribution in [0.2, 0.25) is 0 Å². The van der Waals surface area contributed by atoms with Crippen molar-refractivity contribution in [2.24, 2.45) is 0 Å². The number of anilines is 1. The Hall–Kier alpha value is -1.27. The second-order valence-electron chi connectivity index (χ2n) is 3.37. The molecule has 0 heterocycles. The molecule has 0 bridgehead atoms. The Kier molecular flexibility index (Phi) is 5.24. The zero-order chi connectivity index (χ0) is 12.7. The molecule has 0 saturated carbocycles. The third-order valence-electron chi connectivity index (χ3n) is 2.04. The zero-order valence-corrected chi connectivity index (χ0v) is 10.8. The molecule has 0 fully saturated rings. The van der Waals surface area contributed by atoms with Crippen LogP contribution in [0.25, 0.3) is 0 Å². The molecule has 0 aliphatic carbocycles. The van der Waals surface area contributed by atoms with Crippen LogP contribution in [0, 0.1) is 0 Å². The van der Waals surface area contributed by atoms with Crippen LogP contribution >= 0.6 is 0 Å². The van der Waals surface area contributed by atoms with Gasteiger partial charge in [-0.1, -0.05) is 6.07 Å². The van der Waals surface area contributed by atoms with Crippen molar-refractivity contribution >= 4 is 15.7 Å². The molecular weight excluding hydrogens is 242 g/mol. The average Bonchev–Trinajstić information content (AvgIpc) is 2.29. The number of nitrogens with one attached hydrogen (secondary N) is 1. The summed E-state index contributed by atoms with van der Waals surface area (Å²) in [5.74, 6) is 0.653. The number of hydrogen-bond donors (Lipinski definition) is 1. The lowest BCUT2D eigenvalue weighted by Gasteiger charge is -2.09. The van der Waals surface area contributed by atoms with E-state index in [1.165, 1.54) is 0 Å². The summed E-state index contributed by atoms with van der Waals surface area (Å²) in [5.41, 5.74) is 0.502. The van der Waals surface area contributed by atoms with Gasteiger partial charge in [0, 0.05) is 13.2 Å². The molecule has 1 aromatic carbocycles. The Labute approximate surface area is 102 Å². The molecule has 0 saturated heterocycles. The fraction of sp³-hybridized carbons (Fsp3) is 0.455. The van der Waals surface area contributed by atoms with Crippen LogP contribution in [-0.2, 0) is 14.8 Å². The van der Waals surface area contributed by atoms with Crippen molar-refractivity contribution in [2.45, 2.75) is 6.92 Å². The topological polar surface area (TPSA) is 64.6 Å². The van der Waals surface area contributed by atoms with Gasteiger partial charge in [0.1, 0.15) is 12.4 Å². The molecule has 0 unspecified atom stereocenters. The molecule has 0 aliphatic heterocycles. The summed E-state index contributed by atoms with van der Waals surface area (Å²) in [6.45, 7) is 2.51. The van der Waals surface area contributed by atoms with Gasteiger partial charge in [0.05, 0.1) is 18.0 Å². The third-order valence-corrected chi connectivity index (χ3v) is 3.35. The smallest absolute Gasteiger partial charge is 0.232 e. The lowest BCUT2D eigenvalue weighted by atomic mass is 10.3. The van der Waals surface area contributed by atoms with Crippen molar-refractivity contribution in [1.29, 1.82) is 0 Å². The minimum absolute atomic E-state index is 0.0434. The van der Waals surface area contributed by atoms with Crippen LogP contribution in [-0.4, -0.2) is 34.5 Å². The second kappa shape index (κ2) is 6.46. The first kappa shape index (κ1) is 13.8. The van der Waals surface area contributed by atoms with Crippen LogP contribution in [0.3, 0.4) is 0 Å². The van der Waals surface area contributed by atoms with E-state index in [9.17, 15) is 8.42 Å². The van der Waals surface area contributed by atoms with E-state index >= 15 is 0 Å². The van der Waals surface area contributed by atoms with E-state index in [-0.39, 0.29) is 5.75 Å². The van der Waals surface area contributed by atoms with Gasteiger partial charge in [0.25, 0.3) is 0 Å². The van der Waals surface area contributed by atoms with E-state index in [0.717, 1.165) is 0 Å². The lowest BCUT2D eigenvalue weighted by Crippen LogP contribution is -2.14. The Morgan fingerprint density at radius 2 is 2.06 bits per heavy atom. The molecule has 1 aromatic rings. The highest BCUT2D eigenvalue weighted by Gasteiger charge is 2.06. The predicted molar refractivity (Wildman–Crippen MR) is 66.9 cm³/mol. The maximum absolute atomic E-state index is 11.4. The Morgan fingerprint density at radius 3 is 2.71 bits per heavy atom. The van der Waals surface area contributed by atoms with Crippen LogP contribution in [0.4, 0.5) is 5.69 Å². The van der Waals surface area contributed by atoms with E-state index < -0.39 is 10.0 Å². The van der Waals surface area contributed by atoms with Crippen LogP contribution in [0.15, 0.2) is 24.3 Å². The van der Waals surface area contributed by atoms with Crippen LogP contribution < -0.4 is 9.46 Å². The molecule has 0 atom stereocenters. The van der Waals surface area contributed by atoms with Crippen molar-refractivity contribution in [3.63, 3.8) is 0 Å². The van der Waals surface area contributed by atoms with Gasteiger partial charge in [-0.25, -0.2) is 8.42 Å². The van der Waals surface area contributed by atoms with Gasteiger partial charge in [0.15, 0.2) is 0 Å².